The van der Waals surface area contributed by atoms with E-state index in [-0.39, 0.29) is 12.4 Å². The van der Waals surface area contributed by atoms with E-state index in [2.05, 4.69) is 0 Å². The minimum Gasteiger partial charge on any atom is -0.454 e. The largest absolute Gasteiger partial charge is 0.454 e. The Morgan fingerprint density at radius 3 is 2.53 bits per heavy atom. The van der Waals surface area contributed by atoms with Crippen LogP contribution in [-0.4, -0.2) is 23.3 Å². The number of ketones is 1. The molecule has 1 aliphatic carbocycles. The van der Waals surface area contributed by atoms with E-state index in [1.165, 1.54) is 0 Å². The Labute approximate surface area is 174 Å². The predicted octanol–water partition coefficient (Wildman–Crippen LogP) is 5.31. The second-order valence-electron chi connectivity index (χ2n) is 7.70. The number of aryl methyl sites for hydroxylation is 1. The molecule has 0 saturated carbocycles. The van der Waals surface area contributed by atoms with Crippen LogP contribution in [0.3, 0.4) is 0 Å². The highest BCUT2D eigenvalue weighted by Crippen LogP contribution is 2.29. The fraction of sp³-hybridized carbons (Fsp3) is 0.192. The third kappa shape index (κ3) is 3.35. The fourth-order valence-electron chi connectivity index (χ4n) is 4.26. The Bertz CT molecular complexity index is 1290. The number of hydrogen-bond acceptors (Lipinski definition) is 4. The summed E-state index contributed by atoms with van der Waals surface area (Å²) in [6, 6.07) is 21.0. The molecule has 0 fully saturated rings. The first kappa shape index (κ1) is 18.5. The van der Waals surface area contributed by atoms with Crippen LogP contribution in [0.15, 0.2) is 66.7 Å². The van der Waals surface area contributed by atoms with Crippen molar-refractivity contribution in [1.82, 2.24) is 4.98 Å². The van der Waals surface area contributed by atoms with Crippen molar-refractivity contribution in [2.24, 2.45) is 0 Å². The van der Waals surface area contributed by atoms with Crippen LogP contribution >= 0.6 is 0 Å². The molecule has 148 valence electrons. The zero-order valence-electron chi connectivity index (χ0n) is 16.6. The molecular formula is C26H21NO3. The van der Waals surface area contributed by atoms with Crippen molar-refractivity contribution in [2.75, 3.05) is 6.61 Å². The lowest BCUT2D eigenvalue weighted by atomic mass is 9.90. The zero-order valence-corrected chi connectivity index (χ0v) is 16.6. The van der Waals surface area contributed by atoms with Crippen LogP contribution < -0.4 is 0 Å². The Balaban J connectivity index is 1.42. The van der Waals surface area contributed by atoms with Gasteiger partial charge in [-0.3, -0.25) is 9.78 Å². The van der Waals surface area contributed by atoms with E-state index < -0.39 is 5.97 Å². The third-order valence-corrected chi connectivity index (χ3v) is 5.78. The number of pyridine rings is 1. The summed E-state index contributed by atoms with van der Waals surface area (Å²) in [4.78, 5) is 30.5. The molecule has 1 heterocycles. The van der Waals surface area contributed by atoms with Gasteiger partial charge in [0.2, 0.25) is 0 Å². The number of ether oxygens (including phenoxy) is 1. The minimum absolute atomic E-state index is 0.207. The summed E-state index contributed by atoms with van der Waals surface area (Å²) in [6.07, 6.45) is 3.79. The molecule has 4 aromatic rings. The van der Waals surface area contributed by atoms with Crippen molar-refractivity contribution in [2.45, 2.75) is 25.7 Å². The Morgan fingerprint density at radius 1 is 0.867 bits per heavy atom. The lowest BCUT2D eigenvalue weighted by molar-refractivity contribution is 0.0475. The van der Waals surface area contributed by atoms with E-state index in [1.54, 1.807) is 6.07 Å². The SMILES string of the molecule is O=C(COC(=O)c1c2c(nc3ccccc13)CCCC2)c1ccc2ccccc2c1. The number of hydrogen-bond donors (Lipinski definition) is 0. The molecule has 0 saturated heterocycles. The summed E-state index contributed by atoms with van der Waals surface area (Å²) in [7, 11) is 0. The van der Waals surface area contributed by atoms with Gasteiger partial charge in [-0.2, -0.15) is 0 Å². The molecule has 0 amide bonds. The summed E-state index contributed by atoms with van der Waals surface area (Å²) in [5.74, 6) is -0.651. The van der Waals surface area contributed by atoms with Crippen LogP contribution in [0, 0.1) is 0 Å². The number of rotatable bonds is 4. The summed E-state index contributed by atoms with van der Waals surface area (Å²) < 4.78 is 5.51. The maximum atomic E-state index is 13.1. The lowest BCUT2D eigenvalue weighted by Crippen LogP contribution is -2.18. The smallest absolute Gasteiger partial charge is 0.339 e. The maximum absolute atomic E-state index is 13.1. The van der Waals surface area contributed by atoms with Gasteiger partial charge in [0.15, 0.2) is 12.4 Å². The van der Waals surface area contributed by atoms with Gasteiger partial charge in [-0.1, -0.05) is 54.6 Å². The van der Waals surface area contributed by atoms with E-state index in [4.69, 9.17) is 9.72 Å². The van der Waals surface area contributed by atoms with Crippen LogP contribution in [0.1, 0.15) is 44.8 Å². The summed E-state index contributed by atoms with van der Waals surface area (Å²) >= 11 is 0. The van der Waals surface area contributed by atoms with E-state index in [0.29, 0.717) is 11.1 Å². The minimum atomic E-state index is -0.444. The standard InChI is InChI=1S/C26H21NO3/c28-24(19-14-13-17-7-1-2-8-18(17)15-19)16-30-26(29)25-20-9-3-5-11-22(20)27-23-12-6-4-10-21(23)25/h1-3,5,7-9,11,13-15H,4,6,10,12,16H2. The van der Waals surface area contributed by atoms with Crippen molar-refractivity contribution in [3.05, 3.63) is 89.1 Å². The maximum Gasteiger partial charge on any atom is 0.339 e. The van der Waals surface area contributed by atoms with Crippen LogP contribution in [0.5, 0.6) is 0 Å². The number of Topliss-reactive ketones (excluding diaryl/α,β-unsaturated/α-hetero) is 1. The molecule has 0 unspecified atom stereocenters. The van der Waals surface area contributed by atoms with Gasteiger partial charge >= 0.3 is 5.97 Å². The number of fused-ring (bicyclic) bond motifs is 3. The van der Waals surface area contributed by atoms with Crippen molar-refractivity contribution in [1.29, 1.82) is 0 Å². The first-order valence-corrected chi connectivity index (χ1v) is 10.3. The number of para-hydroxylation sites is 1. The second kappa shape index (κ2) is 7.71. The van der Waals surface area contributed by atoms with Gasteiger partial charge < -0.3 is 4.74 Å². The summed E-state index contributed by atoms with van der Waals surface area (Å²) in [5, 5.41) is 2.85. The topological polar surface area (TPSA) is 56.3 Å². The molecule has 0 N–H and O–H groups in total. The van der Waals surface area contributed by atoms with Crippen LogP contribution in [0.25, 0.3) is 21.7 Å². The number of carbonyl (C=O) groups excluding carboxylic acids is 2. The highest BCUT2D eigenvalue weighted by molar-refractivity contribution is 6.07. The average Bonchev–Trinajstić information content (AvgIpc) is 2.80. The van der Waals surface area contributed by atoms with E-state index in [9.17, 15) is 9.59 Å². The molecule has 1 aromatic heterocycles. The molecule has 0 atom stereocenters. The van der Waals surface area contributed by atoms with E-state index >= 15 is 0 Å². The highest BCUT2D eigenvalue weighted by Gasteiger charge is 2.24. The van der Waals surface area contributed by atoms with E-state index in [0.717, 1.165) is 58.6 Å². The zero-order chi connectivity index (χ0) is 20.5. The van der Waals surface area contributed by atoms with Crippen molar-refractivity contribution < 1.29 is 14.3 Å². The third-order valence-electron chi connectivity index (χ3n) is 5.78. The average molecular weight is 395 g/mol. The van der Waals surface area contributed by atoms with Gasteiger partial charge in [-0.25, -0.2) is 4.79 Å². The quantitative estimate of drug-likeness (QED) is 0.347. The molecular weight excluding hydrogens is 374 g/mol. The van der Waals surface area contributed by atoms with Crippen LogP contribution in [0.4, 0.5) is 0 Å². The van der Waals surface area contributed by atoms with Crippen LogP contribution in [-0.2, 0) is 17.6 Å². The van der Waals surface area contributed by atoms with Crippen molar-refractivity contribution in [3.8, 4) is 0 Å². The molecule has 0 radical (unpaired) electrons. The number of aromatic nitrogens is 1. The number of carbonyl (C=O) groups is 2. The molecule has 1 aliphatic rings. The van der Waals surface area contributed by atoms with Gasteiger partial charge in [0.05, 0.1) is 11.1 Å². The van der Waals surface area contributed by atoms with Gasteiger partial charge in [0.1, 0.15) is 0 Å². The molecule has 4 nitrogen and oxygen atoms in total. The van der Waals surface area contributed by atoms with Gasteiger partial charge in [0.25, 0.3) is 0 Å². The number of esters is 1. The monoisotopic (exact) mass is 395 g/mol. The Hall–Kier alpha value is -3.53. The van der Waals surface area contributed by atoms with Crippen LogP contribution in [0.2, 0.25) is 0 Å². The predicted molar refractivity (Wildman–Crippen MR) is 117 cm³/mol. The van der Waals surface area contributed by atoms with Gasteiger partial charge in [-0.05, 0) is 54.2 Å². The molecule has 5 rings (SSSR count). The Morgan fingerprint density at radius 2 is 1.63 bits per heavy atom. The van der Waals surface area contributed by atoms with Gasteiger partial charge in [0, 0.05) is 16.6 Å². The summed E-state index contributed by atoms with van der Waals surface area (Å²) in [6.45, 7) is -0.275. The second-order valence-corrected chi connectivity index (χ2v) is 7.70. The summed E-state index contributed by atoms with van der Waals surface area (Å²) in [5.41, 5.74) is 3.87. The first-order chi connectivity index (χ1) is 14.7. The Kier molecular flexibility index (Phi) is 4.75. The molecule has 4 heteroatoms. The molecule has 0 bridgehead atoms. The van der Waals surface area contributed by atoms with Crippen molar-refractivity contribution >= 4 is 33.4 Å². The van der Waals surface area contributed by atoms with E-state index in [1.807, 2.05) is 60.7 Å². The van der Waals surface area contributed by atoms with Gasteiger partial charge in [-0.15, -0.1) is 0 Å². The highest BCUT2D eigenvalue weighted by atomic mass is 16.5. The van der Waals surface area contributed by atoms with Crippen molar-refractivity contribution in [3.63, 3.8) is 0 Å². The first-order valence-electron chi connectivity index (χ1n) is 10.3. The fourth-order valence-corrected chi connectivity index (χ4v) is 4.26. The molecule has 3 aromatic carbocycles. The normalized spacial score (nSPS) is 13.2. The number of benzene rings is 3. The molecule has 0 spiro atoms. The number of nitrogens with zero attached hydrogens (tertiary/aromatic N) is 1. The lowest BCUT2D eigenvalue weighted by Gasteiger charge is -2.19. The molecule has 0 aliphatic heterocycles. The molecule has 30 heavy (non-hydrogen) atoms.